The van der Waals surface area contributed by atoms with E-state index in [1.54, 1.807) is 6.20 Å². The Morgan fingerprint density at radius 2 is 2.11 bits per heavy atom. The molecule has 18 heavy (non-hydrogen) atoms. The Kier molecular flexibility index (Phi) is 3.91. The minimum absolute atomic E-state index is 0.175. The number of carbonyl (C=O) groups is 1. The Bertz CT molecular complexity index is 531. The molecular formula is C14H15N3O. The highest BCUT2D eigenvalue weighted by atomic mass is 16.1. The molecule has 0 bridgehead atoms. The van der Waals surface area contributed by atoms with Gasteiger partial charge in [0.2, 0.25) is 5.91 Å². The second-order valence-electron chi connectivity index (χ2n) is 3.95. The second kappa shape index (κ2) is 5.82. The largest absolute Gasteiger partial charge is 0.348 e. The third kappa shape index (κ3) is 3.31. The Morgan fingerprint density at radius 3 is 2.83 bits per heavy atom. The molecule has 0 spiro atoms. The SMILES string of the molecule is C=CC(=O)NCc1cnn(Cc2ccccc2)c1. The number of nitrogens with zero attached hydrogens (tertiary/aromatic N) is 2. The molecule has 0 atom stereocenters. The van der Waals surface area contributed by atoms with Crippen molar-refractivity contribution in [1.29, 1.82) is 0 Å². The van der Waals surface area contributed by atoms with E-state index in [9.17, 15) is 4.79 Å². The lowest BCUT2D eigenvalue weighted by atomic mass is 10.2. The van der Waals surface area contributed by atoms with Crippen molar-refractivity contribution in [2.75, 3.05) is 0 Å². The van der Waals surface area contributed by atoms with Gasteiger partial charge in [-0.1, -0.05) is 36.9 Å². The number of carbonyl (C=O) groups excluding carboxylic acids is 1. The summed E-state index contributed by atoms with van der Waals surface area (Å²) in [6.07, 6.45) is 4.94. The number of aromatic nitrogens is 2. The normalized spacial score (nSPS) is 10.0. The molecule has 0 saturated carbocycles. The number of amides is 1. The average Bonchev–Trinajstić information content (AvgIpc) is 2.85. The molecule has 0 fully saturated rings. The van der Waals surface area contributed by atoms with Crippen LogP contribution in [0.4, 0.5) is 0 Å². The van der Waals surface area contributed by atoms with Crippen LogP contribution in [0, 0.1) is 0 Å². The number of rotatable bonds is 5. The van der Waals surface area contributed by atoms with Gasteiger partial charge in [-0.25, -0.2) is 0 Å². The molecule has 1 heterocycles. The Hall–Kier alpha value is -2.36. The second-order valence-corrected chi connectivity index (χ2v) is 3.95. The van der Waals surface area contributed by atoms with Crippen molar-refractivity contribution in [3.8, 4) is 0 Å². The fourth-order valence-electron chi connectivity index (χ4n) is 1.62. The van der Waals surface area contributed by atoms with Crippen LogP contribution in [0.1, 0.15) is 11.1 Å². The number of hydrogen-bond acceptors (Lipinski definition) is 2. The number of nitrogens with one attached hydrogen (secondary N) is 1. The highest BCUT2D eigenvalue weighted by Crippen LogP contribution is 2.03. The van der Waals surface area contributed by atoms with E-state index in [0.717, 1.165) is 12.1 Å². The van der Waals surface area contributed by atoms with Gasteiger partial charge < -0.3 is 5.32 Å². The molecule has 2 aromatic rings. The van der Waals surface area contributed by atoms with Gasteiger partial charge in [-0.3, -0.25) is 9.48 Å². The summed E-state index contributed by atoms with van der Waals surface area (Å²) in [6, 6.07) is 10.1. The minimum Gasteiger partial charge on any atom is -0.348 e. The maximum absolute atomic E-state index is 11.0. The molecule has 1 N–H and O–H groups in total. The van der Waals surface area contributed by atoms with Gasteiger partial charge in [0.25, 0.3) is 0 Å². The van der Waals surface area contributed by atoms with Gasteiger partial charge in [-0.15, -0.1) is 0 Å². The lowest BCUT2D eigenvalue weighted by molar-refractivity contribution is -0.116. The molecule has 4 nitrogen and oxygen atoms in total. The Balaban J connectivity index is 1.94. The van der Waals surface area contributed by atoms with E-state index in [-0.39, 0.29) is 5.91 Å². The van der Waals surface area contributed by atoms with Gasteiger partial charge >= 0.3 is 0 Å². The first-order chi connectivity index (χ1) is 8.78. The van der Waals surface area contributed by atoms with Crippen molar-refractivity contribution < 1.29 is 4.79 Å². The molecule has 4 heteroatoms. The molecule has 1 aromatic heterocycles. The topological polar surface area (TPSA) is 46.9 Å². The van der Waals surface area contributed by atoms with Crippen LogP contribution in [-0.2, 0) is 17.9 Å². The van der Waals surface area contributed by atoms with Crippen molar-refractivity contribution in [3.05, 3.63) is 66.5 Å². The van der Waals surface area contributed by atoms with Gasteiger partial charge in [-0.05, 0) is 11.6 Å². The van der Waals surface area contributed by atoms with Crippen molar-refractivity contribution in [2.24, 2.45) is 0 Å². The first-order valence-electron chi connectivity index (χ1n) is 5.73. The summed E-state index contributed by atoms with van der Waals surface area (Å²) >= 11 is 0. The average molecular weight is 241 g/mol. The molecule has 0 radical (unpaired) electrons. The third-order valence-electron chi connectivity index (χ3n) is 2.53. The van der Waals surface area contributed by atoms with E-state index in [2.05, 4.69) is 29.1 Å². The minimum atomic E-state index is -0.175. The summed E-state index contributed by atoms with van der Waals surface area (Å²) in [5, 5.41) is 6.97. The maximum atomic E-state index is 11.0. The van der Waals surface area contributed by atoms with E-state index in [4.69, 9.17) is 0 Å². The van der Waals surface area contributed by atoms with E-state index in [1.807, 2.05) is 29.1 Å². The predicted octanol–water partition coefficient (Wildman–Crippen LogP) is 1.73. The van der Waals surface area contributed by atoms with Crippen molar-refractivity contribution in [1.82, 2.24) is 15.1 Å². The van der Waals surface area contributed by atoms with Crippen molar-refractivity contribution in [3.63, 3.8) is 0 Å². The molecule has 1 amide bonds. The fourth-order valence-corrected chi connectivity index (χ4v) is 1.62. The zero-order chi connectivity index (χ0) is 12.8. The monoisotopic (exact) mass is 241 g/mol. The molecule has 1 aromatic carbocycles. The Labute approximate surface area is 106 Å². The van der Waals surface area contributed by atoms with Crippen LogP contribution in [0.25, 0.3) is 0 Å². The molecular weight excluding hydrogens is 226 g/mol. The summed E-state index contributed by atoms with van der Waals surface area (Å²) in [5.74, 6) is -0.175. The summed E-state index contributed by atoms with van der Waals surface area (Å²) in [6.45, 7) is 4.61. The highest BCUT2D eigenvalue weighted by Gasteiger charge is 2.00. The molecule has 0 unspecified atom stereocenters. The highest BCUT2D eigenvalue weighted by molar-refractivity contribution is 5.86. The third-order valence-corrected chi connectivity index (χ3v) is 2.53. The van der Waals surface area contributed by atoms with E-state index in [0.29, 0.717) is 6.54 Å². The molecule has 92 valence electrons. The van der Waals surface area contributed by atoms with Crippen molar-refractivity contribution in [2.45, 2.75) is 13.1 Å². The first-order valence-corrected chi connectivity index (χ1v) is 5.73. The van der Waals surface area contributed by atoms with Gasteiger partial charge in [0.1, 0.15) is 0 Å². The number of benzene rings is 1. The molecule has 0 aliphatic rings. The van der Waals surface area contributed by atoms with Crippen LogP contribution < -0.4 is 5.32 Å². The molecule has 0 aliphatic heterocycles. The first kappa shape index (κ1) is 12.1. The zero-order valence-corrected chi connectivity index (χ0v) is 10.0. The summed E-state index contributed by atoms with van der Waals surface area (Å²) in [7, 11) is 0. The van der Waals surface area contributed by atoms with E-state index >= 15 is 0 Å². The lowest BCUT2D eigenvalue weighted by Crippen LogP contribution is -2.19. The van der Waals surface area contributed by atoms with Crippen molar-refractivity contribution >= 4 is 5.91 Å². The van der Waals surface area contributed by atoms with Crippen LogP contribution >= 0.6 is 0 Å². The summed E-state index contributed by atoms with van der Waals surface area (Å²) in [4.78, 5) is 11.0. The van der Waals surface area contributed by atoms with Gasteiger partial charge in [0.05, 0.1) is 12.7 Å². The number of hydrogen-bond donors (Lipinski definition) is 1. The summed E-state index contributed by atoms with van der Waals surface area (Å²) < 4.78 is 1.85. The molecule has 2 rings (SSSR count). The van der Waals surface area contributed by atoms with E-state index < -0.39 is 0 Å². The van der Waals surface area contributed by atoms with Crippen LogP contribution in [0.2, 0.25) is 0 Å². The molecule has 0 aliphatic carbocycles. The van der Waals surface area contributed by atoms with Crippen LogP contribution in [-0.4, -0.2) is 15.7 Å². The fraction of sp³-hybridized carbons (Fsp3) is 0.143. The van der Waals surface area contributed by atoms with Gasteiger partial charge in [0.15, 0.2) is 0 Å². The standard InChI is InChI=1S/C14H15N3O/c1-2-14(18)15-8-13-9-16-17(11-13)10-12-6-4-3-5-7-12/h2-7,9,11H,1,8,10H2,(H,15,18). The lowest BCUT2D eigenvalue weighted by Gasteiger charge is -2.01. The quantitative estimate of drug-likeness (QED) is 0.810. The van der Waals surface area contributed by atoms with Gasteiger partial charge in [0, 0.05) is 18.3 Å². The van der Waals surface area contributed by atoms with Crippen LogP contribution in [0.3, 0.4) is 0 Å². The molecule has 0 saturated heterocycles. The summed E-state index contributed by atoms with van der Waals surface area (Å²) in [5.41, 5.74) is 2.17. The maximum Gasteiger partial charge on any atom is 0.243 e. The smallest absolute Gasteiger partial charge is 0.243 e. The zero-order valence-electron chi connectivity index (χ0n) is 10.0. The van der Waals surface area contributed by atoms with Crippen LogP contribution in [0.15, 0.2) is 55.4 Å². The van der Waals surface area contributed by atoms with Gasteiger partial charge in [-0.2, -0.15) is 5.10 Å². The van der Waals surface area contributed by atoms with Crippen LogP contribution in [0.5, 0.6) is 0 Å². The predicted molar refractivity (Wildman–Crippen MR) is 69.8 cm³/mol. The van der Waals surface area contributed by atoms with E-state index in [1.165, 1.54) is 11.6 Å². The Morgan fingerprint density at radius 1 is 1.33 bits per heavy atom.